The molecule has 3 N–H and O–H groups in total. The predicted molar refractivity (Wildman–Crippen MR) is 85.6 cm³/mol. The second kappa shape index (κ2) is 7.44. The largest absolute Gasteiger partial charge is 0.508 e. The van der Waals surface area contributed by atoms with Crippen LogP contribution in [0.25, 0.3) is 0 Å². The van der Waals surface area contributed by atoms with Gasteiger partial charge in [-0.05, 0) is 30.0 Å². The van der Waals surface area contributed by atoms with E-state index in [2.05, 4.69) is 24.5 Å². The van der Waals surface area contributed by atoms with Gasteiger partial charge in [-0.25, -0.2) is 0 Å². The lowest BCUT2D eigenvalue weighted by Gasteiger charge is -2.45. The molecule has 1 heterocycles. The number of ether oxygens (including phenoxy) is 1. The first kappa shape index (κ1) is 17.3. The molecule has 0 aliphatic carbocycles. The minimum absolute atomic E-state index is 0.00216. The van der Waals surface area contributed by atoms with Crippen LogP contribution in [0.3, 0.4) is 0 Å². The zero-order valence-corrected chi connectivity index (χ0v) is 13.5. The smallest absolute Gasteiger partial charge is 0.237 e. The van der Waals surface area contributed by atoms with Gasteiger partial charge in [-0.15, -0.1) is 0 Å². The lowest BCUT2D eigenvalue weighted by atomic mass is 9.86. The normalized spacial score (nSPS) is 17.1. The van der Waals surface area contributed by atoms with Crippen LogP contribution in [0.5, 0.6) is 5.75 Å². The molecule has 1 atom stereocenters. The first-order chi connectivity index (χ1) is 11.0. The summed E-state index contributed by atoms with van der Waals surface area (Å²) in [6.07, 6.45) is 0.664. The summed E-state index contributed by atoms with van der Waals surface area (Å²) in [7, 11) is 0. The molecule has 0 radical (unpaired) electrons. The van der Waals surface area contributed by atoms with E-state index in [9.17, 15) is 9.90 Å². The third-order valence-electron chi connectivity index (χ3n) is 3.93. The highest BCUT2D eigenvalue weighted by atomic mass is 16.5. The SMILES string of the molecule is CC(C)C[C@H](NC1(c2ccc(O)cc2)COC1)C(=O)NCC#N. The molecular formula is C17H23N3O3. The summed E-state index contributed by atoms with van der Waals surface area (Å²) in [6.45, 7) is 5.04. The number of aromatic hydroxyl groups is 1. The van der Waals surface area contributed by atoms with E-state index < -0.39 is 11.6 Å². The number of nitrogens with one attached hydrogen (secondary N) is 2. The van der Waals surface area contributed by atoms with Gasteiger partial charge in [-0.3, -0.25) is 10.1 Å². The zero-order valence-electron chi connectivity index (χ0n) is 13.5. The second-order valence-corrected chi connectivity index (χ2v) is 6.32. The van der Waals surface area contributed by atoms with Gasteiger partial charge in [0.05, 0.1) is 30.9 Å². The van der Waals surface area contributed by atoms with Crippen molar-refractivity contribution in [2.75, 3.05) is 19.8 Å². The fourth-order valence-corrected chi connectivity index (χ4v) is 2.71. The number of phenolic OH excluding ortho intramolecular Hbond substituents is 1. The lowest BCUT2D eigenvalue weighted by Crippen LogP contribution is -2.63. The molecule has 1 aromatic carbocycles. The Morgan fingerprint density at radius 2 is 2.04 bits per heavy atom. The van der Waals surface area contributed by atoms with Gasteiger partial charge in [-0.1, -0.05) is 26.0 Å². The number of carbonyl (C=O) groups is 1. The van der Waals surface area contributed by atoms with Gasteiger partial charge >= 0.3 is 0 Å². The molecule has 1 aromatic rings. The van der Waals surface area contributed by atoms with Crippen molar-refractivity contribution >= 4 is 5.91 Å². The molecule has 1 amide bonds. The Hall–Kier alpha value is -2.10. The molecule has 0 bridgehead atoms. The molecular weight excluding hydrogens is 294 g/mol. The van der Waals surface area contributed by atoms with Crippen LogP contribution in [0.2, 0.25) is 0 Å². The van der Waals surface area contributed by atoms with Crippen LogP contribution in [0.1, 0.15) is 25.8 Å². The maximum Gasteiger partial charge on any atom is 0.237 e. The van der Waals surface area contributed by atoms with Crippen molar-refractivity contribution in [2.24, 2.45) is 5.92 Å². The highest BCUT2D eigenvalue weighted by Gasteiger charge is 2.43. The van der Waals surface area contributed by atoms with Gasteiger partial charge in [-0.2, -0.15) is 5.26 Å². The van der Waals surface area contributed by atoms with Gasteiger partial charge in [0.15, 0.2) is 0 Å². The van der Waals surface area contributed by atoms with Crippen LogP contribution in [0, 0.1) is 17.2 Å². The molecule has 1 saturated heterocycles. The number of amides is 1. The Kier molecular flexibility index (Phi) is 5.59. The molecule has 124 valence electrons. The second-order valence-electron chi connectivity index (χ2n) is 6.32. The first-order valence-electron chi connectivity index (χ1n) is 7.76. The summed E-state index contributed by atoms with van der Waals surface area (Å²) < 4.78 is 5.38. The monoisotopic (exact) mass is 317 g/mol. The van der Waals surface area contributed by atoms with E-state index in [4.69, 9.17) is 10.00 Å². The van der Waals surface area contributed by atoms with Crippen LogP contribution in [-0.4, -0.2) is 36.8 Å². The van der Waals surface area contributed by atoms with Crippen LogP contribution < -0.4 is 10.6 Å². The van der Waals surface area contributed by atoms with E-state index in [0.717, 1.165) is 5.56 Å². The Balaban J connectivity index is 2.16. The van der Waals surface area contributed by atoms with E-state index in [0.29, 0.717) is 25.6 Å². The number of nitriles is 1. The first-order valence-corrected chi connectivity index (χ1v) is 7.76. The Labute approximate surface area is 136 Å². The summed E-state index contributed by atoms with van der Waals surface area (Å²) in [5.41, 5.74) is 0.542. The summed E-state index contributed by atoms with van der Waals surface area (Å²) in [6, 6.07) is 8.46. The van der Waals surface area contributed by atoms with Gasteiger partial charge in [0.25, 0.3) is 0 Å². The van der Waals surface area contributed by atoms with E-state index in [1.807, 2.05) is 18.2 Å². The minimum Gasteiger partial charge on any atom is -0.508 e. The van der Waals surface area contributed by atoms with Crippen molar-refractivity contribution < 1.29 is 14.6 Å². The summed E-state index contributed by atoms with van der Waals surface area (Å²) >= 11 is 0. The van der Waals surface area contributed by atoms with Crippen molar-refractivity contribution in [1.29, 1.82) is 5.26 Å². The molecule has 2 rings (SSSR count). The molecule has 0 unspecified atom stereocenters. The molecule has 0 aromatic heterocycles. The van der Waals surface area contributed by atoms with Crippen molar-refractivity contribution in [3.05, 3.63) is 29.8 Å². The van der Waals surface area contributed by atoms with Crippen LogP contribution in [0.4, 0.5) is 0 Å². The molecule has 1 fully saturated rings. The van der Waals surface area contributed by atoms with Crippen LogP contribution >= 0.6 is 0 Å². The number of hydrogen-bond donors (Lipinski definition) is 3. The van der Waals surface area contributed by atoms with E-state index in [-0.39, 0.29) is 18.2 Å². The number of rotatable bonds is 7. The summed E-state index contributed by atoms with van der Waals surface area (Å²) in [5, 5.41) is 24.1. The Bertz CT molecular complexity index is 574. The lowest BCUT2D eigenvalue weighted by molar-refractivity contribution is -0.128. The molecule has 1 aliphatic heterocycles. The Morgan fingerprint density at radius 1 is 1.39 bits per heavy atom. The van der Waals surface area contributed by atoms with Crippen molar-refractivity contribution in [1.82, 2.24) is 10.6 Å². The van der Waals surface area contributed by atoms with Crippen LogP contribution in [0.15, 0.2) is 24.3 Å². The van der Waals surface area contributed by atoms with Gasteiger partial charge < -0.3 is 15.2 Å². The summed E-state index contributed by atoms with van der Waals surface area (Å²) in [5.74, 6) is 0.359. The minimum atomic E-state index is -0.433. The zero-order chi connectivity index (χ0) is 16.9. The number of phenols is 1. The van der Waals surface area contributed by atoms with Crippen LogP contribution in [-0.2, 0) is 15.1 Å². The van der Waals surface area contributed by atoms with E-state index >= 15 is 0 Å². The number of hydrogen-bond acceptors (Lipinski definition) is 5. The van der Waals surface area contributed by atoms with E-state index in [1.54, 1.807) is 12.1 Å². The molecule has 6 nitrogen and oxygen atoms in total. The average Bonchev–Trinajstić information content (AvgIpc) is 2.48. The third-order valence-corrected chi connectivity index (χ3v) is 3.93. The number of benzene rings is 1. The third kappa shape index (κ3) is 4.21. The van der Waals surface area contributed by atoms with Gasteiger partial charge in [0.2, 0.25) is 5.91 Å². The van der Waals surface area contributed by atoms with Gasteiger partial charge in [0, 0.05) is 0 Å². The standard InChI is InChI=1S/C17H23N3O3/c1-12(2)9-15(16(22)19-8-7-18)20-17(10-23-11-17)13-3-5-14(21)6-4-13/h3-6,12,15,20-21H,8-11H2,1-2H3,(H,19,22)/t15-/m0/s1. The maximum atomic E-state index is 12.3. The molecule has 1 aliphatic rings. The highest BCUT2D eigenvalue weighted by molar-refractivity contribution is 5.82. The van der Waals surface area contributed by atoms with Crippen molar-refractivity contribution in [2.45, 2.75) is 31.8 Å². The fourth-order valence-electron chi connectivity index (χ4n) is 2.71. The predicted octanol–water partition coefficient (Wildman–Crippen LogP) is 1.26. The number of nitrogens with zero attached hydrogens (tertiary/aromatic N) is 1. The Morgan fingerprint density at radius 3 is 2.52 bits per heavy atom. The van der Waals surface area contributed by atoms with Crippen molar-refractivity contribution in [3.63, 3.8) is 0 Å². The average molecular weight is 317 g/mol. The topological polar surface area (TPSA) is 94.4 Å². The number of carbonyl (C=O) groups excluding carboxylic acids is 1. The molecule has 23 heavy (non-hydrogen) atoms. The molecule has 6 heteroatoms. The molecule has 0 saturated carbocycles. The van der Waals surface area contributed by atoms with E-state index in [1.165, 1.54) is 0 Å². The van der Waals surface area contributed by atoms with Crippen molar-refractivity contribution in [3.8, 4) is 11.8 Å². The maximum absolute atomic E-state index is 12.3. The fraction of sp³-hybridized carbons (Fsp3) is 0.529. The molecule has 0 spiro atoms. The summed E-state index contributed by atoms with van der Waals surface area (Å²) in [4.78, 5) is 12.3. The quantitative estimate of drug-likeness (QED) is 0.658. The highest BCUT2D eigenvalue weighted by Crippen LogP contribution is 2.31. The van der Waals surface area contributed by atoms with Gasteiger partial charge in [0.1, 0.15) is 12.3 Å².